The number of amides is 1. The number of carbonyl (C=O) groups excluding carboxylic acids is 1. The summed E-state index contributed by atoms with van der Waals surface area (Å²) in [4.78, 5) is 20.4. The highest BCUT2D eigenvalue weighted by molar-refractivity contribution is 8.00. The van der Waals surface area contributed by atoms with Crippen molar-refractivity contribution in [3.63, 3.8) is 0 Å². The minimum absolute atomic E-state index is 0.0173. The predicted molar refractivity (Wildman–Crippen MR) is 113 cm³/mol. The molecule has 0 fully saturated rings. The Morgan fingerprint density at radius 2 is 1.96 bits per heavy atom. The average molecular weight is 411 g/mol. The average Bonchev–Trinajstić information content (AvgIpc) is 3.40. The number of nitrogens with zero attached hydrogens (tertiary/aromatic N) is 2. The van der Waals surface area contributed by atoms with E-state index in [1.165, 1.54) is 23.1 Å². The van der Waals surface area contributed by atoms with Crippen molar-refractivity contribution >= 4 is 44.4 Å². The molecule has 0 aliphatic rings. The Hall–Kier alpha value is -2.77. The van der Waals surface area contributed by atoms with E-state index in [2.05, 4.69) is 4.98 Å². The van der Waals surface area contributed by atoms with Crippen molar-refractivity contribution in [2.45, 2.75) is 11.4 Å². The van der Waals surface area contributed by atoms with Gasteiger partial charge in [-0.15, -0.1) is 11.8 Å². The molecule has 7 heteroatoms. The summed E-state index contributed by atoms with van der Waals surface area (Å²) in [5.41, 5.74) is 0.891. The van der Waals surface area contributed by atoms with Crippen molar-refractivity contribution in [1.29, 1.82) is 0 Å². The highest BCUT2D eigenvalue weighted by Gasteiger charge is 2.21. The van der Waals surface area contributed by atoms with Crippen molar-refractivity contribution in [3.8, 4) is 5.75 Å². The fourth-order valence-corrected chi connectivity index (χ4v) is 4.45. The zero-order valence-corrected chi connectivity index (χ0v) is 16.8. The van der Waals surface area contributed by atoms with Crippen molar-refractivity contribution in [1.82, 2.24) is 4.98 Å². The van der Waals surface area contributed by atoms with Gasteiger partial charge in [-0.1, -0.05) is 23.5 Å². The molecule has 28 heavy (non-hydrogen) atoms. The molecule has 0 saturated heterocycles. The number of thioether (sulfide) groups is 1. The van der Waals surface area contributed by atoms with Crippen LogP contribution in [0.15, 0.2) is 76.2 Å². The van der Waals surface area contributed by atoms with Gasteiger partial charge < -0.3 is 9.15 Å². The Balaban J connectivity index is 1.54. The maximum Gasteiger partial charge on any atom is 0.239 e. The molecule has 4 aromatic rings. The van der Waals surface area contributed by atoms with E-state index in [0.29, 0.717) is 17.4 Å². The lowest BCUT2D eigenvalue weighted by molar-refractivity contribution is -0.116. The van der Waals surface area contributed by atoms with E-state index in [0.717, 1.165) is 26.6 Å². The van der Waals surface area contributed by atoms with Gasteiger partial charge in [0.15, 0.2) is 5.13 Å². The third-order valence-corrected chi connectivity index (χ3v) is 6.19. The molecule has 0 bridgehead atoms. The Morgan fingerprint density at radius 1 is 1.14 bits per heavy atom. The molecule has 0 unspecified atom stereocenters. The van der Waals surface area contributed by atoms with Crippen LogP contribution in [-0.2, 0) is 11.3 Å². The minimum Gasteiger partial charge on any atom is -0.497 e. The Morgan fingerprint density at radius 3 is 2.68 bits per heavy atom. The van der Waals surface area contributed by atoms with Crippen LogP contribution >= 0.6 is 23.1 Å². The number of methoxy groups -OCH3 is 1. The number of carbonyl (C=O) groups is 1. The van der Waals surface area contributed by atoms with Gasteiger partial charge in [0.25, 0.3) is 0 Å². The lowest BCUT2D eigenvalue weighted by Gasteiger charge is -2.18. The lowest BCUT2D eigenvalue weighted by Crippen LogP contribution is -2.31. The van der Waals surface area contributed by atoms with Crippen LogP contribution in [0.2, 0.25) is 0 Å². The van der Waals surface area contributed by atoms with Gasteiger partial charge in [0, 0.05) is 4.90 Å². The second kappa shape index (κ2) is 8.50. The number of ether oxygens (including phenoxy) is 1. The number of anilines is 1. The molecule has 4 rings (SSSR count). The SMILES string of the molecule is COc1ccc(SCC(=O)N(Cc2ccco2)c2nc3ccccc3s2)cc1. The van der Waals surface area contributed by atoms with Crippen LogP contribution in [-0.4, -0.2) is 23.8 Å². The third kappa shape index (κ3) is 4.21. The molecule has 0 saturated carbocycles. The standard InChI is InChI=1S/C21H18N2O3S2/c1-25-15-8-10-17(11-9-15)27-14-20(24)23(13-16-5-4-12-26-16)21-22-18-6-2-3-7-19(18)28-21/h2-12H,13-14H2,1H3. The van der Waals surface area contributed by atoms with Crippen LogP contribution < -0.4 is 9.64 Å². The van der Waals surface area contributed by atoms with Gasteiger partial charge in [0.1, 0.15) is 11.5 Å². The first-order chi connectivity index (χ1) is 13.7. The fraction of sp³-hybridized carbons (Fsp3) is 0.143. The topological polar surface area (TPSA) is 55.6 Å². The number of hydrogen-bond acceptors (Lipinski definition) is 6. The molecule has 5 nitrogen and oxygen atoms in total. The zero-order valence-electron chi connectivity index (χ0n) is 15.2. The number of furan rings is 1. The molecule has 142 valence electrons. The van der Waals surface area contributed by atoms with Crippen LogP contribution in [0.3, 0.4) is 0 Å². The maximum atomic E-state index is 13.0. The van der Waals surface area contributed by atoms with Gasteiger partial charge in [-0.2, -0.15) is 0 Å². The normalized spacial score (nSPS) is 10.9. The monoisotopic (exact) mass is 410 g/mol. The molecule has 0 radical (unpaired) electrons. The Bertz CT molecular complexity index is 1030. The number of benzene rings is 2. The van der Waals surface area contributed by atoms with E-state index < -0.39 is 0 Å². The van der Waals surface area contributed by atoms with Crippen LogP contribution in [0, 0.1) is 0 Å². The predicted octanol–water partition coefficient (Wildman–Crippen LogP) is 5.22. The lowest BCUT2D eigenvalue weighted by atomic mass is 10.3. The first-order valence-electron chi connectivity index (χ1n) is 8.68. The third-order valence-electron chi connectivity index (χ3n) is 4.13. The highest BCUT2D eigenvalue weighted by atomic mass is 32.2. The summed E-state index contributed by atoms with van der Waals surface area (Å²) in [6.07, 6.45) is 1.61. The zero-order chi connectivity index (χ0) is 19.3. The summed E-state index contributed by atoms with van der Waals surface area (Å²) in [7, 11) is 1.64. The van der Waals surface area contributed by atoms with Gasteiger partial charge in [0.05, 0.1) is 35.9 Å². The molecular formula is C21H18N2O3S2. The first-order valence-corrected chi connectivity index (χ1v) is 10.5. The quantitative estimate of drug-likeness (QED) is 0.391. The molecule has 2 heterocycles. The van der Waals surface area contributed by atoms with Crippen LogP contribution in [0.25, 0.3) is 10.2 Å². The second-order valence-corrected chi connectivity index (χ2v) is 8.05. The van der Waals surface area contributed by atoms with Crippen molar-refractivity contribution in [3.05, 3.63) is 72.7 Å². The summed E-state index contributed by atoms with van der Waals surface area (Å²) >= 11 is 3.00. The van der Waals surface area contributed by atoms with E-state index in [-0.39, 0.29) is 5.91 Å². The summed E-state index contributed by atoms with van der Waals surface area (Å²) in [5, 5.41) is 0.679. The summed E-state index contributed by atoms with van der Waals surface area (Å²) in [5.74, 6) is 1.81. The summed E-state index contributed by atoms with van der Waals surface area (Å²) < 4.78 is 11.7. The van der Waals surface area contributed by atoms with E-state index in [1.54, 1.807) is 18.3 Å². The van der Waals surface area contributed by atoms with Crippen LogP contribution in [0.4, 0.5) is 5.13 Å². The largest absolute Gasteiger partial charge is 0.497 e. The molecular weight excluding hydrogens is 392 g/mol. The number of thiazole rings is 1. The molecule has 0 aliphatic carbocycles. The van der Waals surface area contributed by atoms with Crippen LogP contribution in [0.5, 0.6) is 5.75 Å². The molecule has 0 aliphatic heterocycles. The maximum absolute atomic E-state index is 13.0. The van der Waals surface area contributed by atoms with Crippen LogP contribution in [0.1, 0.15) is 5.76 Å². The molecule has 2 aromatic heterocycles. The number of para-hydroxylation sites is 1. The van der Waals surface area contributed by atoms with Gasteiger partial charge in [0.2, 0.25) is 5.91 Å². The van der Waals surface area contributed by atoms with E-state index in [4.69, 9.17) is 9.15 Å². The fourth-order valence-electron chi connectivity index (χ4n) is 2.69. The van der Waals surface area contributed by atoms with Gasteiger partial charge in [-0.05, 0) is 48.5 Å². The van der Waals surface area contributed by atoms with E-state index >= 15 is 0 Å². The smallest absolute Gasteiger partial charge is 0.239 e. The van der Waals surface area contributed by atoms with Crippen molar-refractivity contribution in [2.24, 2.45) is 0 Å². The number of hydrogen-bond donors (Lipinski definition) is 0. The number of fused-ring (bicyclic) bond motifs is 1. The Kier molecular flexibility index (Phi) is 5.64. The summed E-state index contributed by atoms with van der Waals surface area (Å²) in [6.45, 7) is 0.356. The first kappa shape index (κ1) is 18.6. The molecule has 0 N–H and O–H groups in total. The van der Waals surface area contributed by atoms with E-state index in [1.807, 2.05) is 60.7 Å². The molecule has 0 atom stereocenters. The van der Waals surface area contributed by atoms with Gasteiger partial charge in [-0.3, -0.25) is 9.69 Å². The molecule has 2 aromatic carbocycles. The minimum atomic E-state index is -0.0173. The van der Waals surface area contributed by atoms with Crippen molar-refractivity contribution in [2.75, 3.05) is 17.8 Å². The second-order valence-electron chi connectivity index (χ2n) is 5.99. The molecule has 0 spiro atoms. The van der Waals surface area contributed by atoms with Crippen molar-refractivity contribution < 1.29 is 13.9 Å². The number of aromatic nitrogens is 1. The summed E-state index contributed by atoms with van der Waals surface area (Å²) in [6, 6.07) is 19.3. The number of rotatable bonds is 7. The van der Waals surface area contributed by atoms with Gasteiger partial charge in [-0.25, -0.2) is 4.98 Å². The Labute approximate surface area is 170 Å². The molecule has 1 amide bonds. The van der Waals surface area contributed by atoms with E-state index in [9.17, 15) is 4.79 Å². The van der Waals surface area contributed by atoms with Gasteiger partial charge >= 0.3 is 0 Å². The highest BCUT2D eigenvalue weighted by Crippen LogP contribution is 2.31.